The van der Waals surface area contributed by atoms with Gasteiger partial charge < -0.3 is 5.11 Å². The van der Waals surface area contributed by atoms with Crippen LogP contribution >= 0.6 is 0 Å². The zero-order valence-electron chi connectivity index (χ0n) is 11.2. The highest BCUT2D eigenvalue weighted by Gasteiger charge is 2.18. The molecule has 1 aliphatic heterocycles. The van der Waals surface area contributed by atoms with Crippen LogP contribution in [0.15, 0.2) is 30.3 Å². The van der Waals surface area contributed by atoms with Gasteiger partial charge in [-0.1, -0.05) is 43.2 Å². The topological polar surface area (TPSA) is 23.5 Å². The molecular weight excluding hydrogens is 222 g/mol. The summed E-state index contributed by atoms with van der Waals surface area (Å²) in [6.45, 7) is 3.93. The summed E-state index contributed by atoms with van der Waals surface area (Å²) in [7, 11) is 0. The molecule has 0 amide bonds. The van der Waals surface area contributed by atoms with Gasteiger partial charge in [-0.15, -0.1) is 0 Å². The predicted octanol–water partition coefficient (Wildman–Crippen LogP) is 3.06. The number of benzene rings is 1. The minimum absolute atomic E-state index is 0.354. The second-order valence-electron chi connectivity index (χ2n) is 5.42. The van der Waals surface area contributed by atoms with Crippen molar-refractivity contribution in [2.24, 2.45) is 5.92 Å². The van der Waals surface area contributed by atoms with E-state index in [0.717, 1.165) is 18.9 Å². The lowest BCUT2D eigenvalue weighted by molar-refractivity contribution is 0.168. The monoisotopic (exact) mass is 247 g/mol. The Hall–Kier alpha value is -0.860. The average molecular weight is 247 g/mol. The van der Waals surface area contributed by atoms with Crippen molar-refractivity contribution in [2.75, 3.05) is 19.7 Å². The number of aliphatic hydroxyl groups excluding tert-OH is 1. The fraction of sp³-hybridized carbons (Fsp3) is 0.625. The quantitative estimate of drug-likeness (QED) is 0.781. The summed E-state index contributed by atoms with van der Waals surface area (Å²) in [6.07, 6.45) is 6.14. The maximum absolute atomic E-state index is 8.79. The molecule has 0 aromatic heterocycles. The third-order valence-electron chi connectivity index (χ3n) is 3.98. The van der Waals surface area contributed by atoms with E-state index < -0.39 is 0 Å². The molecule has 100 valence electrons. The molecule has 0 aliphatic carbocycles. The van der Waals surface area contributed by atoms with E-state index in [-0.39, 0.29) is 0 Å². The molecule has 1 saturated heterocycles. The average Bonchev–Trinajstić information content (AvgIpc) is 2.42. The number of piperidine rings is 1. The molecule has 1 fully saturated rings. The first-order valence-corrected chi connectivity index (χ1v) is 7.25. The Bertz CT molecular complexity index is 317. The standard InChI is InChI=1S/C16H25NO/c18-13-5-4-6-15-9-11-17(12-10-15)14-16-7-2-1-3-8-16/h1-3,7-8,15,18H,4-6,9-14H2. The van der Waals surface area contributed by atoms with Crippen LogP contribution < -0.4 is 0 Å². The van der Waals surface area contributed by atoms with Gasteiger partial charge in [0.2, 0.25) is 0 Å². The number of likely N-dealkylation sites (tertiary alicyclic amines) is 1. The van der Waals surface area contributed by atoms with Crippen LogP contribution in [0.25, 0.3) is 0 Å². The van der Waals surface area contributed by atoms with Crippen LogP contribution in [-0.4, -0.2) is 29.7 Å². The highest BCUT2D eigenvalue weighted by atomic mass is 16.2. The van der Waals surface area contributed by atoms with E-state index in [1.165, 1.54) is 44.3 Å². The van der Waals surface area contributed by atoms with Crippen LogP contribution in [0.4, 0.5) is 0 Å². The molecule has 2 rings (SSSR count). The first-order valence-electron chi connectivity index (χ1n) is 7.25. The fourth-order valence-corrected chi connectivity index (χ4v) is 2.82. The summed E-state index contributed by atoms with van der Waals surface area (Å²) in [5.41, 5.74) is 1.43. The Labute approximate surface area is 111 Å². The normalized spacial score (nSPS) is 18.1. The van der Waals surface area contributed by atoms with Crippen LogP contribution in [-0.2, 0) is 6.54 Å². The lowest BCUT2D eigenvalue weighted by atomic mass is 9.91. The summed E-state index contributed by atoms with van der Waals surface area (Å²) < 4.78 is 0. The van der Waals surface area contributed by atoms with Crippen LogP contribution in [0.5, 0.6) is 0 Å². The molecular formula is C16H25NO. The molecule has 2 nitrogen and oxygen atoms in total. The van der Waals surface area contributed by atoms with Crippen molar-refractivity contribution in [3.63, 3.8) is 0 Å². The van der Waals surface area contributed by atoms with E-state index in [1.807, 2.05) is 0 Å². The van der Waals surface area contributed by atoms with Crippen molar-refractivity contribution in [1.29, 1.82) is 0 Å². The molecule has 1 N–H and O–H groups in total. The van der Waals surface area contributed by atoms with Gasteiger partial charge in [-0.3, -0.25) is 4.90 Å². The van der Waals surface area contributed by atoms with Crippen LogP contribution in [0.3, 0.4) is 0 Å². The van der Waals surface area contributed by atoms with Crippen LogP contribution in [0, 0.1) is 5.92 Å². The Kier molecular flexibility index (Phi) is 5.69. The third-order valence-corrected chi connectivity index (χ3v) is 3.98. The Morgan fingerprint density at radius 2 is 1.78 bits per heavy atom. The molecule has 1 aromatic carbocycles. The van der Waals surface area contributed by atoms with Gasteiger partial charge in [0.15, 0.2) is 0 Å². The molecule has 1 aliphatic rings. The van der Waals surface area contributed by atoms with Crippen molar-refractivity contribution in [3.05, 3.63) is 35.9 Å². The maximum atomic E-state index is 8.79. The fourth-order valence-electron chi connectivity index (χ4n) is 2.82. The number of rotatable bonds is 6. The molecule has 0 bridgehead atoms. The molecule has 0 atom stereocenters. The van der Waals surface area contributed by atoms with E-state index in [2.05, 4.69) is 35.2 Å². The maximum Gasteiger partial charge on any atom is 0.0431 e. The van der Waals surface area contributed by atoms with Crippen molar-refractivity contribution in [1.82, 2.24) is 4.90 Å². The Morgan fingerprint density at radius 3 is 2.44 bits per heavy atom. The summed E-state index contributed by atoms with van der Waals surface area (Å²) in [6, 6.07) is 10.8. The highest BCUT2D eigenvalue weighted by Crippen LogP contribution is 2.23. The molecule has 1 aromatic rings. The van der Waals surface area contributed by atoms with E-state index >= 15 is 0 Å². The SMILES string of the molecule is OCCCCC1CCN(Cc2ccccc2)CC1. The smallest absolute Gasteiger partial charge is 0.0431 e. The first-order chi connectivity index (χ1) is 8.88. The van der Waals surface area contributed by atoms with Gasteiger partial charge in [-0.25, -0.2) is 0 Å². The number of aliphatic hydroxyl groups is 1. The molecule has 0 radical (unpaired) electrons. The minimum atomic E-state index is 0.354. The van der Waals surface area contributed by atoms with Gasteiger partial charge in [-0.2, -0.15) is 0 Å². The number of hydrogen-bond acceptors (Lipinski definition) is 2. The van der Waals surface area contributed by atoms with Gasteiger partial charge in [0.05, 0.1) is 0 Å². The third kappa shape index (κ3) is 4.43. The lowest BCUT2D eigenvalue weighted by Crippen LogP contribution is -2.33. The second-order valence-corrected chi connectivity index (χ2v) is 5.42. The zero-order chi connectivity index (χ0) is 12.6. The molecule has 0 unspecified atom stereocenters. The summed E-state index contributed by atoms with van der Waals surface area (Å²) >= 11 is 0. The van der Waals surface area contributed by atoms with Crippen molar-refractivity contribution in [3.8, 4) is 0 Å². The van der Waals surface area contributed by atoms with Gasteiger partial charge in [-0.05, 0) is 43.8 Å². The molecule has 0 spiro atoms. The van der Waals surface area contributed by atoms with E-state index in [9.17, 15) is 0 Å². The summed E-state index contributed by atoms with van der Waals surface area (Å²) in [5.74, 6) is 0.892. The van der Waals surface area contributed by atoms with Gasteiger partial charge in [0.1, 0.15) is 0 Å². The largest absolute Gasteiger partial charge is 0.396 e. The highest BCUT2D eigenvalue weighted by molar-refractivity contribution is 5.14. The van der Waals surface area contributed by atoms with Gasteiger partial charge in [0, 0.05) is 13.2 Å². The predicted molar refractivity (Wildman–Crippen MR) is 75.4 cm³/mol. The van der Waals surface area contributed by atoms with Crippen LogP contribution in [0.2, 0.25) is 0 Å². The Morgan fingerprint density at radius 1 is 1.06 bits per heavy atom. The zero-order valence-corrected chi connectivity index (χ0v) is 11.2. The second kappa shape index (κ2) is 7.55. The summed E-state index contributed by atoms with van der Waals surface area (Å²) in [4.78, 5) is 2.57. The molecule has 18 heavy (non-hydrogen) atoms. The van der Waals surface area contributed by atoms with Gasteiger partial charge >= 0.3 is 0 Å². The van der Waals surface area contributed by atoms with E-state index in [4.69, 9.17) is 5.11 Å². The summed E-state index contributed by atoms with van der Waals surface area (Å²) in [5, 5.41) is 8.79. The van der Waals surface area contributed by atoms with Crippen LogP contribution in [0.1, 0.15) is 37.7 Å². The van der Waals surface area contributed by atoms with Crippen molar-refractivity contribution >= 4 is 0 Å². The van der Waals surface area contributed by atoms with E-state index in [0.29, 0.717) is 6.61 Å². The van der Waals surface area contributed by atoms with E-state index in [1.54, 1.807) is 0 Å². The Balaban J connectivity index is 1.67. The lowest BCUT2D eigenvalue weighted by Gasteiger charge is -2.32. The first kappa shape index (κ1) is 13.6. The van der Waals surface area contributed by atoms with Gasteiger partial charge in [0.25, 0.3) is 0 Å². The molecule has 2 heteroatoms. The minimum Gasteiger partial charge on any atom is -0.396 e. The number of unbranched alkanes of at least 4 members (excludes halogenated alkanes) is 1. The number of nitrogens with zero attached hydrogens (tertiary/aromatic N) is 1. The van der Waals surface area contributed by atoms with Crippen molar-refractivity contribution in [2.45, 2.75) is 38.6 Å². The van der Waals surface area contributed by atoms with Crippen molar-refractivity contribution < 1.29 is 5.11 Å². The number of hydrogen-bond donors (Lipinski definition) is 1. The molecule has 0 saturated carbocycles. The molecule has 1 heterocycles.